The first kappa shape index (κ1) is 14.9. The van der Waals surface area contributed by atoms with Crippen LogP contribution in [0.3, 0.4) is 0 Å². The van der Waals surface area contributed by atoms with E-state index in [0.29, 0.717) is 13.0 Å². The molecule has 102 valence electrons. The second-order valence-corrected chi connectivity index (χ2v) is 4.02. The standard InChI is InChI=1S/C12H16F3NO2/c1-16-7-6-10(17)11(18)8-2-4-9(5-3-8)12(13,14)15/h2-5,10-11,16-18H,6-7H2,1H3. The van der Waals surface area contributed by atoms with Crippen LogP contribution in [-0.2, 0) is 6.18 Å². The normalized spacial score (nSPS) is 15.4. The van der Waals surface area contributed by atoms with E-state index in [-0.39, 0.29) is 5.56 Å². The molecule has 0 heterocycles. The maximum atomic E-state index is 12.3. The van der Waals surface area contributed by atoms with Crippen LogP contribution in [0.4, 0.5) is 13.2 Å². The van der Waals surface area contributed by atoms with Crippen LogP contribution in [0, 0.1) is 0 Å². The summed E-state index contributed by atoms with van der Waals surface area (Å²) in [7, 11) is 1.71. The van der Waals surface area contributed by atoms with Crippen molar-refractivity contribution in [2.75, 3.05) is 13.6 Å². The smallest absolute Gasteiger partial charge is 0.390 e. The summed E-state index contributed by atoms with van der Waals surface area (Å²) in [6.07, 6.45) is -6.26. The average Bonchev–Trinajstić information content (AvgIpc) is 2.34. The molecule has 1 rings (SSSR count). The maximum Gasteiger partial charge on any atom is 0.416 e. The van der Waals surface area contributed by atoms with Crippen molar-refractivity contribution in [1.29, 1.82) is 0 Å². The molecule has 0 radical (unpaired) electrons. The molecule has 0 aliphatic heterocycles. The predicted molar refractivity (Wildman–Crippen MR) is 61.0 cm³/mol. The highest BCUT2D eigenvalue weighted by atomic mass is 19.4. The number of halogens is 3. The molecule has 0 aliphatic rings. The first-order valence-corrected chi connectivity index (χ1v) is 5.54. The van der Waals surface area contributed by atoms with Crippen LogP contribution < -0.4 is 5.32 Å². The van der Waals surface area contributed by atoms with Gasteiger partial charge in [0.05, 0.1) is 11.7 Å². The Morgan fingerprint density at radius 3 is 2.17 bits per heavy atom. The molecular weight excluding hydrogens is 247 g/mol. The van der Waals surface area contributed by atoms with Crippen molar-refractivity contribution in [3.8, 4) is 0 Å². The lowest BCUT2D eigenvalue weighted by Gasteiger charge is -2.18. The second-order valence-electron chi connectivity index (χ2n) is 4.02. The zero-order valence-corrected chi connectivity index (χ0v) is 9.91. The summed E-state index contributed by atoms with van der Waals surface area (Å²) in [5.41, 5.74) is -0.505. The summed E-state index contributed by atoms with van der Waals surface area (Å²) < 4.78 is 37.0. The zero-order chi connectivity index (χ0) is 13.8. The molecule has 0 fully saturated rings. The number of benzene rings is 1. The second kappa shape index (κ2) is 6.17. The van der Waals surface area contributed by atoms with E-state index < -0.39 is 23.9 Å². The molecular formula is C12H16F3NO2. The third-order valence-corrected chi connectivity index (χ3v) is 2.63. The van der Waals surface area contributed by atoms with Gasteiger partial charge in [0.25, 0.3) is 0 Å². The summed E-state index contributed by atoms with van der Waals surface area (Å²) in [4.78, 5) is 0. The lowest BCUT2D eigenvalue weighted by atomic mass is 10.0. The van der Waals surface area contributed by atoms with Crippen LogP contribution in [0.5, 0.6) is 0 Å². The number of aliphatic hydroxyl groups is 2. The van der Waals surface area contributed by atoms with E-state index in [0.717, 1.165) is 12.1 Å². The van der Waals surface area contributed by atoms with E-state index in [9.17, 15) is 23.4 Å². The minimum absolute atomic E-state index is 0.270. The summed E-state index contributed by atoms with van der Waals surface area (Å²) in [5, 5.41) is 22.2. The van der Waals surface area contributed by atoms with E-state index in [2.05, 4.69) is 5.32 Å². The zero-order valence-electron chi connectivity index (χ0n) is 9.91. The molecule has 0 saturated carbocycles. The fourth-order valence-electron chi connectivity index (χ4n) is 1.54. The summed E-state index contributed by atoms with van der Waals surface area (Å²) in [5.74, 6) is 0. The van der Waals surface area contributed by atoms with Crippen molar-refractivity contribution in [2.45, 2.75) is 24.8 Å². The molecule has 0 aliphatic carbocycles. The van der Waals surface area contributed by atoms with E-state index in [1.54, 1.807) is 7.05 Å². The Bertz CT molecular complexity index is 365. The number of hydrogen-bond donors (Lipinski definition) is 3. The van der Waals surface area contributed by atoms with E-state index in [4.69, 9.17) is 0 Å². The van der Waals surface area contributed by atoms with Crippen molar-refractivity contribution < 1.29 is 23.4 Å². The number of nitrogens with one attached hydrogen (secondary N) is 1. The Morgan fingerprint density at radius 1 is 1.17 bits per heavy atom. The molecule has 0 bridgehead atoms. The van der Waals surface area contributed by atoms with Gasteiger partial charge in [-0.25, -0.2) is 0 Å². The highest BCUT2D eigenvalue weighted by molar-refractivity contribution is 5.26. The lowest BCUT2D eigenvalue weighted by Crippen LogP contribution is -2.23. The molecule has 2 unspecified atom stereocenters. The minimum atomic E-state index is -4.39. The van der Waals surface area contributed by atoms with Crippen LogP contribution >= 0.6 is 0 Å². The third kappa shape index (κ3) is 3.97. The van der Waals surface area contributed by atoms with Crippen LogP contribution in [0.25, 0.3) is 0 Å². The van der Waals surface area contributed by atoms with E-state index >= 15 is 0 Å². The van der Waals surface area contributed by atoms with Crippen LogP contribution in [0.2, 0.25) is 0 Å². The Hall–Kier alpha value is -1.11. The van der Waals surface area contributed by atoms with Crippen LogP contribution in [-0.4, -0.2) is 29.9 Å². The van der Waals surface area contributed by atoms with Gasteiger partial charge in [-0.05, 0) is 37.7 Å². The quantitative estimate of drug-likeness (QED) is 0.758. The van der Waals surface area contributed by atoms with Gasteiger partial charge in [-0.1, -0.05) is 12.1 Å². The fourth-order valence-corrected chi connectivity index (χ4v) is 1.54. The molecule has 1 aromatic rings. The first-order chi connectivity index (χ1) is 8.36. The Morgan fingerprint density at radius 2 is 1.72 bits per heavy atom. The number of hydrogen-bond acceptors (Lipinski definition) is 3. The highest BCUT2D eigenvalue weighted by Gasteiger charge is 2.30. The Labute approximate surface area is 103 Å². The van der Waals surface area contributed by atoms with Gasteiger partial charge < -0.3 is 15.5 Å². The molecule has 0 spiro atoms. The molecule has 18 heavy (non-hydrogen) atoms. The van der Waals surface area contributed by atoms with Gasteiger partial charge in [-0.2, -0.15) is 13.2 Å². The minimum Gasteiger partial charge on any atom is -0.390 e. The molecule has 0 amide bonds. The monoisotopic (exact) mass is 263 g/mol. The van der Waals surface area contributed by atoms with Gasteiger partial charge in [0, 0.05) is 0 Å². The van der Waals surface area contributed by atoms with Gasteiger partial charge in [0.2, 0.25) is 0 Å². The highest BCUT2D eigenvalue weighted by Crippen LogP contribution is 2.30. The molecule has 3 N–H and O–H groups in total. The molecule has 0 saturated heterocycles. The molecule has 2 atom stereocenters. The summed E-state index contributed by atoms with van der Waals surface area (Å²) in [6, 6.07) is 4.14. The van der Waals surface area contributed by atoms with Gasteiger partial charge in [0.15, 0.2) is 0 Å². The Balaban J connectivity index is 2.72. The molecule has 6 heteroatoms. The fraction of sp³-hybridized carbons (Fsp3) is 0.500. The van der Waals surface area contributed by atoms with E-state index in [1.165, 1.54) is 12.1 Å². The first-order valence-electron chi connectivity index (χ1n) is 5.54. The number of alkyl halides is 3. The van der Waals surface area contributed by atoms with Crippen LogP contribution in [0.1, 0.15) is 23.7 Å². The molecule has 1 aromatic carbocycles. The van der Waals surface area contributed by atoms with Crippen LogP contribution in [0.15, 0.2) is 24.3 Å². The summed E-state index contributed by atoms with van der Waals surface area (Å²) >= 11 is 0. The Kier molecular flexibility index (Phi) is 5.13. The van der Waals surface area contributed by atoms with Crippen molar-refractivity contribution in [3.63, 3.8) is 0 Å². The largest absolute Gasteiger partial charge is 0.416 e. The van der Waals surface area contributed by atoms with Gasteiger partial charge in [0.1, 0.15) is 6.10 Å². The topological polar surface area (TPSA) is 52.5 Å². The van der Waals surface area contributed by atoms with Crippen molar-refractivity contribution >= 4 is 0 Å². The SMILES string of the molecule is CNCCC(O)C(O)c1ccc(C(F)(F)F)cc1. The number of rotatable bonds is 5. The average molecular weight is 263 g/mol. The third-order valence-electron chi connectivity index (χ3n) is 2.63. The van der Waals surface area contributed by atoms with E-state index in [1.807, 2.05) is 0 Å². The van der Waals surface area contributed by atoms with Gasteiger partial charge >= 0.3 is 6.18 Å². The maximum absolute atomic E-state index is 12.3. The summed E-state index contributed by atoms with van der Waals surface area (Å²) in [6.45, 7) is 0.513. The lowest BCUT2D eigenvalue weighted by molar-refractivity contribution is -0.137. The van der Waals surface area contributed by atoms with Crippen molar-refractivity contribution in [1.82, 2.24) is 5.32 Å². The molecule has 0 aromatic heterocycles. The number of aliphatic hydroxyl groups excluding tert-OH is 2. The molecule has 3 nitrogen and oxygen atoms in total. The van der Waals surface area contributed by atoms with Crippen molar-refractivity contribution in [2.24, 2.45) is 0 Å². The van der Waals surface area contributed by atoms with Crippen molar-refractivity contribution in [3.05, 3.63) is 35.4 Å². The predicted octanol–water partition coefficient (Wildman–Crippen LogP) is 1.71. The van der Waals surface area contributed by atoms with Gasteiger partial charge in [-0.3, -0.25) is 0 Å². The van der Waals surface area contributed by atoms with Gasteiger partial charge in [-0.15, -0.1) is 0 Å².